The molecule has 546 valence electrons. The maximum atomic E-state index is 14.2. The number of benzene rings is 3. The van der Waals surface area contributed by atoms with Gasteiger partial charge in [-0.25, -0.2) is 19.4 Å². The van der Waals surface area contributed by atoms with Crippen LogP contribution >= 0.6 is 30.2 Å². The fourth-order valence-electron chi connectivity index (χ4n) is 12.1. The van der Waals surface area contributed by atoms with Crippen LogP contribution in [0.5, 0.6) is 0 Å². The van der Waals surface area contributed by atoms with Gasteiger partial charge in [0, 0.05) is 101 Å². The van der Waals surface area contributed by atoms with Crippen molar-refractivity contribution in [3.8, 4) is 0 Å². The maximum absolute atomic E-state index is 14.2. The number of aliphatic carboxylic acids is 5. The molecule has 1 saturated heterocycles. The van der Waals surface area contributed by atoms with Crippen molar-refractivity contribution in [3.05, 3.63) is 105 Å². The van der Waals surface area contributed by atoms with Crippen molar-refractivity contribution in [1.82, 2.24) is 56.9 Å². The number of nitrogens with one attached hydrogen (secondary N) is 7. The van der Waals surface area contributed by atoms with Crippen LogP contribution in [0.1, 0.15) is 120 Å². The highest BCUT2D eigenvalue weighted by atomic mass is 127. The van der Waals surface area contributed by atoms with Gasteiger partial charge < -0.3 is 72.5 Å². The fraction of sp³-hybridized carbons (Fsp3) is 0.529. The van der Waals surface area contributed by atoms with Crippen LogP contribution in [-0.2, 0) is 71.9 Å². The van der Waals surface area contributed by atoms with Crippen LogP contribution in [-0.4, -0.2) is 216 Å². The summed E-state index contributed by atoms with van der Waals surface area (Å²) in [6, 6.07) is 18.3. The first-order chi connectivity index (χ1) is 47.7. The predicted octanol–water partition coefficient (Wildman–Crippen LogP) is 3.18. The van der Waals surface area contributed by atoms with Gasteiger partial charge in [0.25, 0.3) is 0 Å². The number of unbranched alkanes of at least 4 members (excludes halogenated alkanes) is 2. The van der Waals surface area contributed by atoms with Crippen molar-refractivity contribution >= 4 is 112 Å². The van der Waals surface area contributed by atoms with Gasteiger partial charge in [-0.2, -0.15) is 0 Å². The van der Waals surface area contributed by atoms with Crippen molar-refractivity contribution in [2.45, 2.75) is 152 Å². The topological polar surface area (TPSA) is 453 Å². The van der Waals surface area contributed by atoms with Gasteiger partial charge in [0.1, 0.15) is 30.2 Å². The molecule has 1 aromatic heterocycles. The number of urea groups is 1. The van der Waals surface area contributed by atoms with E-state index in [1.165, 1.54) is 12.1 Å². The standard InChI is InChI=1S/C68H93IN11O19P/c69-50-25-20-44(21-26-50)9-7-15-57(81)70-31-5-3-13-52(74-58(82)29-28-56(67(94)95)80-37-35-78(33-34-79(36-38-80)43-61(85)86)42-51-12-8-16-59(73-51)100(97,98)99)63(88)72-41-45-17-23-48(24-18-45)62(87)75-55(40-46-19-22-47-10-1-2-11-49(47)39-46)64(89)71-32-6-4-14-53(65(90)91)76-68(96)77-54(66(92)93)27-30-60(83)84/h1-2,8,10-12,16,19-22,25-26,39,45,48,52-56H,3-7,9,13-15,17-18,23-24,27-38,40-43H2,(H,70,81)(H,71,89)(H,72,88)(H,74,82)(H,75,87)(H,83,84)(H,85,86)(H,90,91)(H,92,93)(H,94,95)(H2,76,77,96)(H2,97,98,99)/t45?,48?,52?,53-,54-,55+,56?/m0/s1. The molecule has 0 bridgehead atoms. The number of carbonyl (C=O) groups is 11. The molecule has 32 heteroatoms. The van der Waals surface area contributed by atoms with Gasteiger partial charge in [0.2, 0.25) is 29.5 Å². The molecule has 1 aliphatic carbocycles. The first-order valence-corrected chi connectivity index (χ1v) is 36.4. The van der Waals surface area contributed by atoms with Gasteiger partial charge in [-0.1, -0.05) is 60.7 Å². The van der Waals surface area contributed by atoms with Crippen LogP contribution in [0, 0.1) is 15.4 Å². The third-order valence-electron chi connectivity index (χ3n) is 17.8. The molecule has 2 aliphatic rings. The highest BCUT2D eigenvalue weighted by Crippen LogP contribution is 2.32. The lowest BCUT2D eigenvalue weighted by Crippen LogP contribution is -2.51. The molecular formula is C68H93IN11O19P. The van der Waals surface area contributed by atoms with Gasteiger partial charge in [-0.05, 0) is 165 Å². The minimum absolute atomic E-state index is 0.0699. The van der Waals surface area contributed by atoms with Crippen LogP contribution in [0.4, 0.5) is 4.79 Å². The minimum atomic E-state index is -4.67. The van der Waals surface area contributed by atoms with Crippen molar-refractivity contribution < 1.29 is 92.6 Å². The first-order valence-electron chi connectivity index (χ1n) is 33.7. The number of fused-ring (bicyclic) bond motifs is 1. The molecule has 2 heterocycles. The van der Waals surface area contributed by atoms with Crippen LogP contribution in [0.3, 0.4) is 0 Å². The maximum Gasteiger partial charge on any atom is 0.374 e. The van der Waals surface area contributed by atoms with E-state index in [9.17, 15) is 87.5 Å². The molecule has 0 spiro atoms. The van der Waals surface area contributed by atoms with E-state index >= 15 is 0 Å². The van der Waals surface area contributed by atoms with Gasteiger partial charge >= 0.3 is 43.5 Å². The highest BCUT2D eigenvalue weighted by molar-refractivity contribution is 14.1. The van der Waals surface area contributed by atoms with Gasteiger partial charge in [-0.15, -0.1) is 0 Å². The van der Waals surface area contributed by atoms with Crippen molar-refractivity contribution in [2.24, 2.45) is 11.8 Å². The second kappa shape index (κ2) is 41.5. The van der Waals surface area contributed by atoms with Crippen molar-refractivity contribution in [3.63, 3.8) is 0 Å². The molecule has 30 nitrogen and oxygen atoms in total. The monoisotopic (exact) mass is 1530 g/mol. The lowest BCUT2D eigenvalue weighted by Gasteiger charge is -2.31. The summed E-state index contributed by atoms with van der Waals surface area (Å²) in [6.07, 6.45) is 3.72. The van der Waals surface area contributed by atoms with E-state index in [0.29, 0.717) is 70.2 Å². The Kier molecular flexibility index (Phi) is 33.5. The summed E-state index contributed by atoms with van der Waals surface area (Å²) >= 11 is 2.23. The Balaban J connectivity index is 1.05. The average Bonchev–Trinajstić information content (AvgIpc) is 0.868. The first kappa shape index (κ1) is 80.8. The van der Waals surface area contributed by atoms with Gasteiger partial charge in [0.15, 0.2) is 5.44 Å². The number of pyridine rings is 1. The second-order valence-corrected chi connectivity index (χ2v) is 28.2. The molecule has 5 atom stereocenters. The molecule has 0 radical (unpaired) electrons. The van der Waals surface area contributed by atoms with Crippen LogP contribution in [0.15, 0.2) is 84.9 Å². The molecule has 100 heavy (non-hydrogen) atoms. The Morgan fingerprint density at radius 3 is 1.80 bits per heavy atom. The molecule has 3 aromatic carbocycles. The van der Waals surface area contributed by atoms with E-state index in [2.05, 4.69) is 64.8 Å². The molecule has 1 aliphatic heterocycles. The lowest BCUT2D eigenvalue weighted by molar-refractivity contribution is -0.145. The third kappa shape index (κ3) is 29.2. The Bertz CT molecular complexity index is 3490. The highest BCUT2D eigenvalue weighted by Gasteiger charge is 2.34. The zero-order valence-electron chi connectivity index (χ0n) is 55.8. The quantitative estimate of drug-likeness (QED) is 0.0173. The zero-order chi connectivity index (χ0) is 72.7. The molecular weight excluding hydrogens is 1430 g/mol. The molecule has 6 rings (SSSR count). The molecule has 2 fully saturated rings. The summed E-state index contributed by atoms with van der Waals surface area (Å²) in [6.45, 7) is 1.73. The third-order valence-corrected chi connectivity index (χ3v) is 19.3. The lowest BCUT2D eigenvalue weighted by atomic mass is 9.81. The van der Waals surface area contributed by atoms with E-state index in [1.54, 1.807) is 15.9 Å². The van der Waals surface area contributed by atoms with E-state index in [0.717, 1.165) is 31.9 Å². The Hall–Kier alpha value is -8.20. The molecule has 4 aromatic rings. The number of amides is 7. The van der Waals surface area contributed by atoms with Crippen LogP contribution < -0.4 is 42.7 Å². The SMILES string of the molecule is O=C(O)CC[C@H](NC(=O)N[C@@H](CCCCNC(=O)[C@@H](Cc1ccc2ccccc2c1)NC(=O)C1CCC(CNC(=O)C(CCCCNC(=O)CCCc2ccc(I)cc2)NC(=O)CCC(C(=O)O)N2CCN(CC(=O)O)CCN(Cc3cccc(P(=O)(O)O)n3)CC2)CC1)C(=O)O)C(=O)O. The Labute approximate surface area is 593 Å². The van der Waals surface area contributed by atoms with Crippen molar-refractivity contribution in [1.29, 1.82) is 0 Å². The summed E-state index contributed by atoms with van der Waals surface area (Å²) < 4.78 is 13.1. The predicted molar refractivity (Wildman–Crippen MR) is 375 cm³/mol. The number of halogens is 1. The number of rotatable bonds is 40. The number of nitrogens with zero attached hydrogens (tertiary/aromatic N) is 4. The Morgan fingerprint density at radius 1 is 0.540 bits per heavy atom. The minimum Gasteiger partial charge on any atom is -0.481 e. The summed E-state index contributed by atoms with van der Waals surface area (Å²) in [5.74, 6) is -9.07. The van der Waals surface area contributed by atoms with Crippen LogP contribution in [0.25, 0.3) is 10.8 Å². The summed E-state index contributed by atoms with van der Waals surface area (Å²) in [4.78, 5) is 170. The van der Waals surface area contributed by atoms with E-state index in [4.69, 9.17) is 5.11 Å². The number of aryl methyl sites for hydroxylation is 1. The number of carboxylic acid groups (broad SMARTS) is 5. The zero-order valence-corrected chi connectivity index (χ0v) is 58.8. The normalized spacial score (nSPS) is 17.1. The van der Waals surface area contributed by atoms with Gasteiger partial charge in [-0.3, -0.25) is 57.6 Å². The molecule has 7 amide bonds. The molecule has 1 saturated carbocycles. The largest absolute Gasteiger partial charge is 0.481 e. The molecule has 2 unspecified atom stereocenters. The summed E-state index contributed by atoms with van der Waals surface area (Å²) in [7, 11) is -4.67. The summed E-state index contributed by atoms with van der Waals surface area (Å²) in [5, 5.41) is 69.2. The average molecular weight is 1530 g/mol. The van der Waals surface area contributed by atoms with Gasteiger partial charge in [0.05, 0.1) is 12.2 Å². The number of aromatic nitrogens is 1. The van der Waals surface area contributed by atoms with Crippen LogP contribution in [0.2, 0.25) is 0 Å². The number of hydrogen-bond acceptors (Lipinski definition) is 16. The number of carbonyl (C=O) groups excluding carboxylic acids is 6. The number of hydrogen-bond donors (Lipinski definition) is 14. The molecule has 14 N–H and O–H groups in total. The van der Waals surface area contributed by atoms with E-state index in [-0.39, 0.29) is 122 Å². The number of carboxylic acids is 5. The smallest absolute Gasteiger partial charge is 0.374 e. The fourth-order valence-corrected chi connectivity index (χ4v) is 13.0. The van der Waals surface area contributed by atoms with Crippen molar-refractivity contribution in [2.75, 3.05) is 65.4 Å². The van der Waals surface area contributed by atoms with E-state index < -0.39 is 116 Å². The summed E-state index contributed by atoms with van der Waals surface area (Å²) in [5.41, 5.74) is 1.83. The van der Waals surface area contributed by atoms with E-state index in [1.807, 2.05) is 71.6 Å². The second-order valence-electron chi connectivity index (χ2n) is 25.4. The Morgan fingerprint density at radius 2 is 1.15 bits per heavy atom.